The number of aliphatic imine (C=N–C) groups is 1. The molecule has 3 heteroatoms. The van der Waals surface area contributed by atoms with E-state index in [0.717, 1.165) is 48.9 Å². The van der Waals surface area contributed by atoms with Crippen molar-refractivity contribution >= 4 is 5.84 Å². The molecule has 1 aliphatic rings. The number of piperazine rings is 1. The van der Waals surface area contributed by atoms with Crippen molar-refractivity contribution in [2.24, 2.45) is 4.99 Å². The number of rotatable bonds is 3. The first-order valence-electron chi connectivity index (χ1n) is 6.56. The van der Waals surface area contributed by atoms with Gasteiger partial charge in [-0.1, -0.05) is 18.2 Å². The summed E-state index contributed by atoms with van der Waals surface area (Å²) >= 11 is 0. The quantitative estimate of drug-likeness (QED) is 0.472. The first kappa shape index (κ1) is 14.7. The van der Waals surface area contributed by atoms with E-state index < -0.39 is 0 Å². The highest BCUT2D eigenvalue weighted by atomic mass is 15.2. The first-order valence-corrected chi connectivity index (χ1v) is 6.56. The van der Waals surface area contributed by atoms with Crippen molar-refractivity contribution in [3.63, 3.8) is 0 Å². The molecule has 0 spiro atoms. The zero-order valence-electron chi connectivity index (χ0n) is 12.1. The van der Waals surface area contributed by atoms with E-state index in [0.29, 0.717) is 0 Å². The monoisotopic (exact) mass is 247 g/mol. The Hall–Kier alpha value is -1.35. The van der Waals surface area contributed by atoms with Gasteiger partial charge in [-0.15, -0.1) is 0 Å². The van der Waals surface area contributed by atoms with Gasteiger partial charge in [0.05, 0.1) is 5.70 Å². The van der Waals surface area contributed by atoms with E-state index in [2.05, 4.69) is 36.7 Å². The minimum absolute atomic E-state index is 1.01. The maximum Gasteiger partial charge on any atom is 0.102 e. The molecular weight excluding hydrogens is 222 g/mol. The summed E-state index contributed by atoms with van der Waals surface area (Å²) in [5.41, 5.74) is 3.24. The topological polar surface area (TPSA) is 27.6 Å². The van der Waals surface area contributed by atoms with E-state index >= 15 is 0 Å². The molecule has 1 N–H and O–H groups in total. The average Bonchev–Trinajstić information content (AvgIpc) is 2.38. The molecule has 0 aromatic carbocycles. The van der Waals surface area contributed by atoms with Crippen LogP contribution in [0.1, 0.15) is 27.7 Å². The van der Waals surface area contributed by atoms with Crippen LogP contribution in [0.5, 0.6) is 0 Å². The summed E-state index contributed by atoms with van der Waals surface area (Å²) in [6.45, 7) is 16.3. The van der Waals surface area contributed by atoms with Gasteiger partial charge in [0, 0.05) is 26.2 Å². The van der Waals surface area contributed by atoms with Crippen LogP contribution in [0.4, 0.5) is 0 Å². The summed E-state index contributed by atoms with van der Waals surface area (Å²) in [6, 6.07) is 0. The molecule has 0 aromatic rings. The molecule has 1 rings (SSSR count). The largest absolute Gasteiger partial charge is 0.358 e. The van der Waals surface area contributed by atoms with Gasteiger partial charge >= 0.3 is 0 Å². The van der Waals surface area contributed by atoms with Crippen molar-refractivity contribution in [2.75, 3.05) is 26.2 Å². The summed E-state index contributed by atoms with van der Waals surface area (Å²) in [6.07, 6.45) is 4.08. The maximum absolute atomic E-state index is 4.76. The Bertz CT molecular complexity index is 383. The number of nitrogens with one attached hydrogen (secondary N) is 1. The van der Waals surface area contributed by atoms with Gasteiger partial charge in [0.25, 0.3) is 0 Å². The van der Waals surface area contributed by atoms with Crippen molar-refractivity contribution in [3.8, 4) is 0 Å². The number of hydrogen-bond donors (Lipinski definition) is 1. The van der Waals surface area contributed by atoms with Crippen molar-refractivity contribution in [1.29, 1.82) is 0 Å². The Labute approximate surface area is 111 Å². The van der Waals surface area contributed by atoms with Crippen molar-refractivity contribution in [3.05, 3.63) is 35.6 Å². The number of hydrogen-bond acceptors (Lipinski definition) is 2. The highest BCUT2D eigenvalue weighted by molar-refractivity contribution is 5.81. The fraction of sp³-hybridized carbons (Fsp3) is 0.533. The molecule has 0 unspecified atom stereocenters. The summed E-state index contributed by atoms with van der Waals surface area (Å²) in [5.74, 6) is 1.09. The van der Waals surface area contributed by atoms with E-state index in [1.165, 1.54) is 0 Å². The lowest BCUT2D eigenvalue weighted by Crippen LogP contribution is -2.45. The molecule has 0 saturated carbocycles. The lowest BCUT2D eigenvalue weighted by atomic mass is 10.1. The molecule has 0 radical (unpaired) electrons. The Kier molecular flexibility index (Phi) is 5.86. The van der Waals surface area contributed by atoms with Crippen molar-refractivity contribution in [2.45, 2.75) is 27.7 Å². The molecule has 0 amide bonds. The van der Waals surface area contributed by atoms with Gasteiger partial charge in [-0.2, -0.15) is 0 Å². The van der Waals surface area contributed by atoms with E-state index in [1.807, 2.05) is 19.9 Å². The van der Waals surface area contributed by atoms with Crippen LogP contribution in [-0.2, 0) is 0 Å². The normalized spacial score (nSPS) is 19.1. The third-order valence-electron chi connectivity index (χ3n) is 3.21. The second-order valence-electron chi connectivity index (χ2n) is 4.69. The van der Waals surface area contributed by atoms with Crippen LogP contribution in [0.25, 0.3) is 0 Å². The standard InChI is InChI=1S/C15H25N3/c1-6-7-15(13(4)12(2)3)17-14(5)18-10-8-16-9-11-18/h6-7,16H,2,8-11H2,1,3-5H3/b7-6-,15-13-,17-14?. The van der Waals surface area contributed by atoms with Crippen LogP contribution in [-0.4, -0.2) is 36.9 Å². The van der Waals surface area contributed by atoms with Crippen LogP contribution in [0.3, 0.4) is 0 Å². The molecule has 1 saturated heterocycles. The van der Waals surface area contributed by atoms with E-state index in [9.17, 15) is 0 Å². The van der Waals surface area contributed by atoms with Gasteiger partial charge in [-0.3, -0.25) is 0 Å². The predicted molar refractivity (Wildman–Crippen MR) is 79.9 cm³/mol. The second-order valence-corrected chi connectivity index (χ2v) is 4.69. The molecule has 1 heterocycles. The molecule has 1 fully saturated rings. The highest BCUT2D eigenvalue weighted by Crippen LogP contribution is 2.15. The van der Waals surface area contributed by atoms with Gasteiger partial charge in [0.1, 0.15) is 5.84 Å². The highest BCUT2D eigenvalue weighted by Gasteiger charge is 2.11. The predicted octanol–water partition coefficient (Wildman–Crippen LogP) is 2.74. The second kappa shape index (κ2) is 7.17. The van der Waals surface area contributed by atoms with E-state index in [1.54, 1.807) is 0 Å². The Morgan fingerprint density at radius 2 is 1.83 bits per heavy atom. The molecule has 1 aliphatic heterocycles. The van der Waals surface area contributed by atoms with Crippen LogP contribution in [0, 0.1) is 0 Å². The SMILES string of the molecule is C=C(C)/C(C)=C(/C=C\C)N=C(C)N1CCNCC1. The van der Waals surface area contributed by atoms with Gasteiger partial charge < -0.3 is 10.2 Å². The molecule has 0 bridgehead atoms. The van der Waals surface area contributed by atoms with E-state index in [-0.39, 0.29) is 0 Å². The molecule has 0 atom stereocenters. The van der Waals surface area contributed by atoms with Gasteiger partial charge in [0.2, 0.25) is 0 Å². The Balaban J connectivity index is 2.94. The number of allylic oxidation sites excluding steroid dienone is 4. The molecule has 0 aliphatic carbocycles. The zero-order valence-corrected chi connectivity index (χ0v) is 12.1. The minimum Gasteiger partial charge on any atom is -0.358 e. The fourth-order valence-corrected chi connectivity index (χ4v) is 1.86. The Morgan fingerprint density at radius 1 is 1.22 bits per heavy atom. The van der Waals surface area contributed by atoms with Crippen molar-refractivity contribution in [1.82, 2.24) is 10.2 Å². The number of amidine groups is 1. The molecule has 18 heavy (non-hydrogen) atoms. The smallest absolute Gasteiger partial charge is 0.102 e. The maximum atomic E-state index is 4.76. The molecular formula is C15H25N3. The van der Waals surface area contributed by atoms with Gasteiger partial charge in [0.15, 0.2) is 0 Å². The molecule has 0 aromatic heterocycles. The average molecular weight is 247 g/mol. The molecule has 100 valence electrons. The summed E-state index contributed by atoms with van der Waals surface area (Å²) < 4.78 is 0. The lowest BCUT2D eigenvalue weighted by molar-refractivity contribution is 0.355. The first-order chi connectivity index (χ1) is 8.56. The van der Waals surface area contributed by atoms with Crippen LogP contribution in [0.15, 0.2) is 40.6 Å². The van der Waals surface area contributed by atoms with Gasteiger partial charge in [-0.05, 0) is 39.3 Å². The van der Waals surface area contributed by atoms with Crippen LogP contribution < -0.4 is 5.32 Å². The Morgan fingerprint density at radius 3 is 2.33 bits per heavy atom. The third-order valence-corrected chi connectivity index (χ3v) is 3.21. The minimum atomic E-state index is 1.01. The van der Waals surface area contributed by atoms with E-state index in [4.69, 9.17) is 4.99 Å². The molecule has 3 nitrogen and oxygen atoms in total. The zero-order chi connectivity index (χ0) is 13.5. The summed E-state index contributed by atoms with van der Waals surface area (Å²) in [7, 11) is 0. The lowest BCUT2D eigenvalue weighted by Gasteiger charge is -2.29. The number of nitrogens with zero attached hydrogens (tertiary/aromatic N) is 2. The summed E-state index contributed by atoms with van der Waals surface area (Å²) in [5, 5.41) is 3.35. The fourth-order valence-electron chi connectivity index (χ4n) is 1.86. The third kappa shape index (κ3) is 4.15. The van der Waals surface area contributed by atoms with Crippen molar-refractivity contribution < 1.29 is 0 Å². The van der Waals surface area contributed by atoms with Crippen LogP contribution in [0.2, 0.25) is 0 Å². The van der Waals surface area contributed by atoms with Gasteiger partial charge in [-0.25, -0.2) is 4.99 Å². The van der Waals surface area contributed by atoms with Crippen LogP contribution >= 0.6 is 0 Å². The summed E-state index contributed by atoms with van der Waals surface area (Å²) in [4.78, 5) is 7.08.